The van der Waals surface area contributed by atoms with Gasteiger partial charge in [0.05, 0.1) is 16.9 Å². The number of alkyl halides is 3. The highest BCUT2D eigenvalue weighted by atomic mass is 35.5. The van der Waals surface area contributed by atoms with Gasteiger partial charge in [0.15, 0.2) is 17.2 Å². The molecule has 2 bridgehead atoms. The average Bonchev–Trinajstić information content (AvgIpc) is 3.39. The molecule has 0 amide bonds. The molecule has 33 heavy (non-hydrogen) atoms. The molecule has 3 aliphatic rings. The van der Waals surface area contributed by atoms with Crippen LogP contribution < -0.4 is 10.5 Å². The number of halogens is 4. The number of rotatable bonds is 5. The number of nitrogens with one attached hydrogen (secondary N) is 1. The molecule has 0 radical (unpaired) electrons. The molecule has 2 aromatic heterocycles. The standard InChI is InChI=1S/C20H19ClF3N5O3S/c21-12-2-1-11(13-6-26-17-16(25)27-15(7-29(13)17)20(22,23)24)5-14(12)33(31,32)28-19-4-3-18(8-19,9-19)10-30/h1-2,5-7,28,30H,3-4,8-10H2,(H2,25,27). The number of hydrogen-bond acceptors (Lipinski definition) is 6. The first-order chi connectivity index (χ1) is 15.4. The maximum Gasteiger partial charge on any atom is 0.434 e. The molecule has 1 aromatic carbocycles. The number of nitrogen functional groups attached to an aromatic ring is 1. The fraction of sp³-hybridized carbons (Fsp3) is 0.400. The third-order valence-corrected chi connectivity index (χ3v) is 8.63. The minimum absolute atomic E-state index is 0.00939. The van der Waals surface area contributed by atoms with Gasteiger partial charge >= 0.3 is 6.18 Å². The van der Waals surface area contributed by atoms with Gasteiger partial charge in [-0.05, 0) is 43.2 Å². The molecule has 3 saturated carbocycles. The first-order valence-corrected chi connectivity index (χ1v) is 11.9. The molecule has 3 fully saturated rings. The lowest BCUT2D eigenvalue weighted by Crippen LogP contribution is -2.56. The number of nitrogens with zero attached hydrogens (tertiary/aromatic N) is 3. The number of aliphatic hydroxyl groups is 1. The molecule has 6 rings (SSSR count). The van der Waals surface area contributed by atoms with Crippen molar-refractivity contribution in [2.45, 2.75) is 42.3 Å². The van der Waals surface area contributed by atoms with E-state index in [2.05, 4.69) is 14.7 Å². The Morgan fingerprint density at radius 1 is 1.27 bits per heavy atom. The number of fused-ring (bicyclic) bond motifs is 2. The number of nitrogens with two attached hydrogens (primary N) is 1. The molecule has 3 aliphatic carbocycles. The molecule has 13 heteroatoms. The number of sulfonamides is 1. The van der Waals surface area contributed by atoms with Crippen LogP contribution in [0.4, 0.5) is 19.0 Å². The Morgan fingerprint density at radius 3 is 2.64 bits per heavy atom. The van der Waals surface area contributed by atoms with E-state index in [0.717, 1.165) is 17.0 Å². The van der Waals surface area contributed by atoms with Crippen molar-refractivity contribution >= 4 is 33.1 Å². The second kappa shape index (κ2) is 7.05. The van der Waals surface area contributed by atoms with Crippen LogP contribution in [0.25, 0.3) is 16.9 Å². The van der Waals surface area contributed by atoms with E-state index in [-0.39, 0.29) is 38.8 Å². The van der Waals surface area contributed by atoms with Crippen molar-refractivity contribution in [1.82, 2.24) is 19.1 Å². The normalized spacial score (nSPS) is 24.9. The Kier molecular flexibility index (Phi) is 4.78. The summed E-state index contributed by atoms with van der Waals surface area (Å²) >= 11 is 6.21. The molecule has 3 aromatic rings. The predicted octanol–water partition coefficient (Wildman–Crippen LogP) is 3.23. The number of aliphatic hydroxyl groups excluding tert-OH is 1. The van der Waals surface area contributed by atoms with E-state index < -0.39 is 33.3 Å². The Hall–Kier alpha value is -2.41. The lowest BCUT2D eigenvalue weighted by atomic mass is 9.66. The van der Waals surface area contributed by atoms with Crippen molar-refractivity contribution in [2.24, 2.45) is 5.41 Å². The lowest BCUT2D eigenvalue weighted by Gasteiger charge is -2.46. The van der Waals surface area contributed by atoms with Gasteiger partial charge in [-0.2, -0.15) is 13.2 Å². The van der Waals surface area contributed by atoms with Crippen LogP contribution in [-0.2, 0) is 16.2 Å². The highest BCUT2D eigenvalue weighted by Gasteiger charge is 2.61. The van der Waals surface area contributed by atoms with Crippen molar-refractivity contribution in [2.75, 3.05) is 12.3 Å². The molecule has 0 unspecified atom stereocenters. The predicted molar refractivity (Wildman–Crippen MR) is 114 cm³/mol. The molecule has 8 nitrogen and oxygen atoms in total. The second-order valence-corrected chi connectivity index (χ2v) is 10.9. The summed E-state index contributed by atoms with van der Waals surface area (Å²) in [6.45, 7) is 0.0128. The zero-order valence-corrected chi connectivity index (χ0v) is 18.6. The van der Waals surface area contributed by atoms with Gasteiger partial charge in [-0.15, -0.1) is 0 Å². The van der Waals surface area contributed by atoms with Crippen molar-refractivity contribution < 1.29 is 26.7 Å². The second-order valence-electron chi connectivity index (χ2n) is 8.89. The molecular formula is C20H19ClF3N5O3S. The number of imidazole rings is 1. The van der Waals surface area contributed by atoms with Gasteiger partial charge in [0.2, 0.25) is 10.0 Å². The number of aromatic nitrogens is 3. The van der Waals surface area contributed by atoms with Crippen molar-refractivity contribution in [3.63, 3.8) is 0 Å². The van der Waals surface area contributed by atoms with E-state index in [9.17, 15) is 26.7 Å². The summed E-state index contributed by atoms with van der Waals surface area (Å²) in [4.78, 5) is 7.20. The van der Waals surface area contributed by atoms with Crippen LogP contribution in [-0.4, -0.2) is 40.0 Å². The van der Waals surface area contributed by atoms with Gasteiger partial charge in [-0.3, -0.25) is 4.40 Å². The monoisotopic (exact) mass is 501 g/mol. The van der Waals surface area contributed by atoms with Crippen molar-refractivity contribution in [3.05, 3.63) is 41.3 Å². The molecule has 0 aliphatic heterocycles. The Labute approximate surface area is 191 Å². The van der Waals surface area contributed by atoms with Crippen LogP contribution in [0.2, 0.25) is 5.02 Å². The fourth-order valence-corrected chi connectivity index (χ4v) is 7.08. The van der Waals surface area contributed by atoms with Crippen molar-refractivity contribution in [3.8, 4) is 11.3 Å². The van der Waals surface area contributed by atoms with Crippen LogP contribution in [0.15, 0.2) is 35.5 Å². The third-order valence-electron chi connectivity index (χ3n) is 6.57. The Bertz CT molecular complexity index is 1380. The van der Waals surface area contributed by atoms with Crippen LogP contribution in [0, 0.1) is 5.41 Å². The molecule has 2 heterocycles. The molecular weight excluding hydrogens is 483 g/mol. The van der Waals surface area contributed by atoms with E-state index >= 15 is 0 Å². The topological polar surface area (TPSA) is 123 Å². The van der Waals surface area contributed by atoms with Gasteiger partial charge < -0.3 is 10.8 Å². The van der Waals surface area contributed by atoms with E-state index in [1.807, 2.05) is 0 Å². The summed E-state index contributed by atoms with van der Waals surface area (Å²) in [5.41, 5.74) is 4.10. The third kappa shape index (κ3) is 3.56. The summed E-state index contributed by atoms with van der Waals surface area (Å²) in [5, 5.41) is 9.54. The molecule has 0 saturated heterocycles. The summed E-state index contributed by atoms with van der Waals surface area (Å²) in [6.07, 6.45) is -0.232. The number of hydrogen-bond donors (Lipinski definition) is 3. The summed E-state index contributed by atoms with van der Waals surface area (Å²) in [6, 6.07) is 4.15. The van der Waals surface area contributed by atoms with Gasteiger partial charge in [-0.25, -0.2) is 23.1 Å². The first-order valence-electron chi connectivity index (χ1n) is 10.0. The maximum atomic E-state index is 13.2. The van der Waals surface area contributed by atoms with E-state index in [1.165, 1.54) is 24.4 Å². The van der Waals surface area contributed by atoms with E-state index in [1.54, 1.807) is 0 Å². The smallest absolute Gasteiger partial charge is 0.396 e. The van der Waals surface area contributed by atoms with Crippen LogP contribution >= 0.6 is 11.6 Å². The first kappa shape index (κ1) is 22.4. The lowest BCUT2D eigenvalue weighted by molar-refractivity contribution is -0.141. The highest BCUT2D eigenvalue weighted by Crippen LogP contribution is 2.61. The number of benzene rings is 1. The summed E-state index contributed by atoms with van der Waals surface area (Å²) < 4.78 is 69.9. The van der Waals surface area contributed by atoms with Gasteiger partial charge in [0, 0.05) is 23.9 Å². The minimum atomic E-state index is -4.73. The van der Waals surface area contributed by atoms with Crippen LogP contribution in [0.5, 0.6) is 0 Å². The Balaban J connectivity index is 1.55. The molecule has 4 N–H and O–H groups in total. The molecule has 176 valence electrons. The summed E-state index contributed by atoms with van der Waals surface area (Å²) in [7, 11) is -4.05. The highest BCUT2D eigenvalue weighted by molar-refractivity contribution is 7.89. The summed E-state index contributed by atoms with van der Waals surface area (Å²) in [5.74, 6) is -0.405. The minimum Gasteiger partial charge on any atom is -0.396 e. The van der Waals surface area contributed by atoms with Gasteiger partial charge in [-0.1, -0.05) is 17.7 Å². The largest absolute Gasteiger partial charge is 0.434 e. The van der Waals surface area contributed by atoms with Crippen molar-refractivity contribution in [1.29, 1.82) is 0 Å². The zero-order valence-electron chi connectivity index (χ0n) is 17.0. The Morgan fingerprint density at radius 2 is 2.00 bits per heavy atom. The van der Waals surface area contributed by atoms with E-state index in [0.29, 0.717) is 19.3 Å². The SMILES string of the molecule is Nc1nc(C(F)(F)F)cn2c(-c3ccc(Cl)c(S(=O)(=O)NC45CCC(CO)(C4)C5)c3)cnc12. The quantitative estimate of drug-likeness (QED) is 0.493. The van der Waals surface area contributed by atoms with Gasteiger partial charge in [0.25, 0.3) is 0 Å². The molecule has 0 atom stereocenters. The number of anilines is 1. The van der Waals surface area contributed by atoms with E-state index in [4.69, 9.17) is 17.3 Å². The van der Waals surface area contributed by atoms with Crippen LogP contribution in [0.1, 0.15) is 31.4 Å². The fourth-order valence-electron chi connectivity index (χ4n) is 5.13. The average molecular weight is 502 g/mol. The van der Waals surface area contributed by atoms with Crippen LogP contribution in [0.3, 0.4) is 0 Å². The van der Waals surface area contributed by atoms with Gasteiger partial charge in [0.1, 0.15) is 4.90 Å². The zero-order chi connectivity index (χ0) is 23.8. The maximum absolute atomic E-state index is 13.2. The molecule has 0 spiro atoms.